The van der Waals surface area contributed by atoms with Crippen molar-refractivity contribution >= 4 is 19.8 Å². The summed E-state index contributed by atoms with van der Waals surface area (Å²) in [5.74, 6) is -0.955. The van der Waals surface area contributed by atoms with E-state index < -0.39 is 51.8 Å². The van der Waals surface area contributed by atoms with Gasteiger partial charge in [-0.05, 0) is 32.1 Å². The van der Waals surface area contributed by atoms with Crippen molar-refractivity contribution in [2.45, 2.75) is 161 Å². The molecule has 0 bridgehead atoms. The number of allylic oxidation sites excluding steroid dienone is 8. The van der Waals surface area contributed by atoms with E-state index in [1.54, 1.807) is 0 Å². The molecule has 0 aromatic heterocycles. The summed E-state index contributed by atoms with van der Waals surface area (Å²) in [7, 11) is -4.62. The lowest BCUT2D eigenvalue weighted by Gasteiger charge is -2.20. The Kier molecular flexibility index (Phi) is 33.9. The van der Waals surface area contributed by atoms with Crippen LogP contribution in [-0.2, 0) is 32.7 Å². The molecule has 0 amide bonds. The normalized spacial score (nSPS) is 14.6. The zero-order valence-corrected chi connectivity index (χ0v) is 32.0. The first kappa shape index (κ1) is 47.9. The first-order valence-electron chi connectivity index (χ1n) is 19.1. The number of hydrogen-bond acceptors (Lipinski definition) is 9. The van der Waals surface area contributed by atoms with E-state index in [9.17, 15) is 24.2 Å². The van der Waals surface area contributed by atoms with Crippen molar-refractivity contribution < 1.29 is 47.8 Å². The fraction of sp³-hybridized carbons (Fsp3) is 0.744. The molecule has 0 saturated heterocycles. The van der Waals surface area contributed by atoms with E-state index in [1.165, 1.54) is 51.4 Å². The lowest BCUT2D eigenvalue weighted by molar-refractivity contribution is -0.161. The van der Waals surface area contributed by atoms with Crippen LogP contribution in [0.2, 0.25) is 0 Å². The summed E-state index contributed by atoms with van der Waals surface area (Å²) in [6, 6.07) is 0. The second-order valence-corrected chi connectivity index (χ2v) is 14.1. The number of rotatable bonds is 35. The van der Waals surface area contributed by atoms with Crippen LogP contribution in [0.1, 0.15) is 149 Å². The van der Waals surface area contributed by atoms with Gasteiger partial charge in [0.2, 0.25) is 0 Å². The molecule has 0 fully saturated rings. The molecular formula is C39H69O10P. The van der Waals surface area contributed by atoms with Crippen molar-refractivity contribution in [2.75, 3.05) is 26.4 Å². The highest BCUT2D eigenvalue weighted by Crippen LogP contribution is 2.43. The Balaban J connectivity index is 4.41. The number of phosphoric acid groups is 1. The van der Waals surface area contributed by atoms with Crippen molar-refractivity contribution in [3.63, 3.8) is 0 Å². The minimum absolute atomic E-state index is 0.179. The third-order valence-electron chi connectivity index (χ3n) is 7.84. The molecule has 0 radical (unpaired) electrons. The number of hydrogen-bond donors (Lipinski definition) is 3. The molecule has 1 unspecified atom stereocenters. The largest absolute Gasteiger partial charge is 0.472 e. The Labute approximate surface area is 303 Å². The third kappa shape index (κ3) is 34.4. The molecule has 290 valence electrons. The average molecular weight is 729 g/mol. The molecule has 3 atom stereocenters. The lowest BCUT2D eigenvalue weighted by Crippen LogP contribution is -2.29. The first-order chi connectivity index (χ1) is 24.2. The molecule has 0 aliphatic heterocycles. The summed E-state index contributed by atoms with van der Waals surface area (Å²) in [4.78, 5) is 34.8. The second kappa shape index (κ2) is 35.3. The van der Waals surface area contributed by atoms with Gasteiger partial charge in [0.15, 0.2) is 6.10 Å². The molecule has 0 aromatic rings. The topological polar surface area (TPSA) is 149 Å². The third-order valence-corrected chi connectivity index (χ3v) is 8.79. The van der Waals surface area contributed by atoms with E-state index in [0.29, 0.717) is 12.8 Å². The van der Waals surface area contributed by atoms with Crippen LogP contribution in [0.25, 0.3) is 0 Å². The molecule has 11 heteroatoms. The number of ether oxygens (including phenoxy) is 2. The number of carbonyl (C=O) groups excluding carboxylic acids is 2. The van der Waals surface area contributed by atoms with E-state index in [0.717, 1.165) is 57.8 Å². The quantitative estimate of drug-likeness (QED) is 0.0249. The number of carbonyl (C=O) groups is 2. The van der Waals surface area contributed by atoms with E-state index >= 15 is 0 Å². The summed E-state index contributed by atoms with van der Waals surface area (Å²) >= 11 is 0. The molecule has 0 spiro atoms. The second-order valence-electron chi connectivity index (χ2n) is 12.7. The molecule has 0 saturated carbocycles. The Morgan fingerprint density at radius 2 is 1.10 bits per heavy atom. The van der Waals surface area contributed by atoms with E-state index in [-0.39, 0.29) is 19.4 Å². The van der Waals surface area contributed by atoms with Gasteiger partial charge < -0.3 is 24.6 Å². The van der Waals surface area contributed by atoms with E-state index in [4.69, 9.17) is 19.1 Å². The Morgan fingerprint density at radius 3 is 1.66 bits per heavy atom. The van der Waals surface area contributed by atoms with Gasteiger partial charge in [-0.1, -0.05) is 152 Å². The Morgan fingerprint density at radius 1 is 0.620 bits per heavy atom. The molecule has 0 heterocycles. The van der Waals surface area contributed by atoms with Crippen LogP contribution in [0, 0.1) is 0 Å². The highest BCUT2D eigenvalue weighted by atomic mass is 31.2. The van der Waals surface area contributed by atoms with Crippen LogP contribution >= 0.6 is 7.82 Å². The molecule has 3 N–H and O–H groups in total. The number of unbranched alkanes of at least 4 members (excludes halogenated alkanes) is 16. The molecule has 10 nitrogen and oxygen atoms in total. The summed E-state index contributed by atoms with van der Waals surface area (Å²) in [6.45, 7) is 2.19. The molecule has 0 aliphatic rings. The average Bonchev–Trinajstić information content (AvgIpc) is 3.10. The minimum Gasteiger partial charge on any atom is -0.462 e. The predicted octanol–water partition coefficient (Wildman–Crippen LogP) is 9.38. The van der Waals surface area contributed by atoms with Gasteiger partial charge in [0.1, 0.15) is 12.7 Å². The van der Waals surface area contributed by atoms with Crippen molar-refractivity contribution in [3.05, 3.63) is 48.6 Å². The van der Waals surface area contributed by atoms with Crippen molar-refractivity contribution in [3.8, 4) is 0 Å². The fourth-order valence-electron chi connectivity index (χ4n) is 4.88. The molecule has 0 aliphatic carbocycles. The monoisotopic (exact) mass is 728 g/mol. The van der Waals surface area contributed by atoms with Gasteiger partial charge in [0, 0.05) is 12.8 Å². The number of esters is 2. The predicted molar refractivity (Wildman–Crippen MR) is 201 cm³/mol. The van der Waals surface area contributed by atoms with Crippen LogP contribution in [0.3, 0.4) is 0 Å². The Bertz CT molecular complexity index is 978. The standard InChI is InChI=1S/C39H69O10P/c1-3-5-7-9-11-13-15-17-18-19-21-22-24-26-28-30-38(42)46-34-37(35-48-50(44,45)47-33-36(41)32-40)49-39(43)31-29-27-25-23-20-16-14-12-10-8-6-4-2/h5,7,9,11,13,15,17-18,36-37,40-41H,3-4,6,8,10,12,14,16,19-35H2,1-2H3,(H,44,45)/b7-5+,11-9+,15-13+,18-17+/t36-,37+/m0/s1. The van der Waals surface area contributed by atoms with Gasteiger partial charge in [0.25, 0.3) is 0 Å². The summed E-state index contributed by atoms with van der Waals surface area (Å²) in [5, 5.41) is 18.3. The summed E-state index contributed by atoms with van der Waals surface area (Å²) < 4.78 is 32.6. The van der Waals surface area contributed by atoms with Crippen molar-refractivity contribution in [1.29, 1.82) is 0 Å². The van der Waals surface area contributed by atoms with Gasteiger partial charge >= 0.3 is 19.8 Å². The molecular weight excluding hydrogens is 659 g/mol. The van der Waals surface area contributed by atoms with Crippen LogP contribution in [0.5, 0.6) is 0 Å². The van der Waals surface area contributed by atoms with E-state index in [1.807, 2.05) is 36.5 Å². The highest BCUT2D eigenvalue weighted by Gasteiger charge is 2.27. The maximum Gasteiger partial charge on any atom is 0.472 e. The van der Waals surface area contributed by atoms with Crippen LogP contribution < -0.4 is 0 Å². The number of phosphoric ester groups is 1. The smallest absolute Gasteiger partial charge is 0.462 e. The van der Waals surface area contributed by atoms with Gasteiger partial charge in [-0.2, -0.15) is 0 Å². The summed E-state index contributed by atoms with van der Waals surface area (Å²) in [6.07, 6.45) is 35.1. The van der Waals surface area contributed by atoms with Crippen molar-refractivity contribution in [1.82, 2.24) is 0 Å². The van der Waals surface area contributed by atoms with E-state index in [2.05, 4.69) is 30.5 Å². The van der Waals surface area contributed by atoms with Gasteiger partial charge in [-0.3, -0.25) is 18.6 Å². The number of aliphatic hydroxyl groups is 2. The molecule has 50 heavy (non-hydrogen) atoms. The fourth-order valence-corrected chi connectivity index (χ4v) is 5.67. The zero-order valence-electron chi connectivity index (χ0n) is 31.1. The van der Waals surface area contributed by atoms with Crippen LogP contribution in [0.15, 0.2) is 48.6 Å². The molecule has 0 rings (SSSR count). The zero-order chi connectivity index (χ0) is 37.0. The Hall–Kier alpha value is -2.07. The highest BCUT2D eigenvalue weighted by molar-refractivity contribution is 7.47. The lowest BCUT2D eigenvalue weighted by atomic mass is 10.0. The van der Waals surface area contributed by atoms with Crippen molar-refractivity contribution in [2.24, 2.45) is 0 Å². The van der Waals surface area contributed by atoms with Gasteiger partial charge in [-0.15, -0.1) is 0 Å². The van der Waals surface area contributed by atoms with Crippen LogP contribution in [-0.4, -0.2) is 65.7 Å². The van der Waals surface area contributed by atoms with Gasteiger partial charge in [-0.25, -0.2) is 4.57 Å². The maximum absolute atomic E-state index is 12.5. The van der Waals surface area contributed by atoms with Gasteiger partial charge in [0.05, 0.1) is 19.8 Å². The summed E-state index contributed by atoms with van der Waals surface area (Å²) in [5.41, 5.74) is 0. The van der Waals surface area contributed by atoms with Crippen LogP contribution in [0.4, 0.5) is 0 Å². The maximum atomic E-state index is 12.5. The first-order valence-corrected chi connectivity index (χ1v) is 20.6. The minimum atomic E-state index is -4.62. The molecule has 0 aromatic carbocycles. The SMILES string of the molecule is CC/C=C/C=C/C=C/C=C/CCCCCCCC(=O)OC[C@H](COP(=O)(O)OC[C@@H](O)CO)OC(=O)CCCCCCCCCCCCCC. The number of aliphatic hydroxyl groups excluding tert-OH is 2.